The molecule has 2 atom stereocenters. The van der Waals surface area contributed by atoms with Crippen LogP contribution < -0.4 is 5.32 Å². The van der Waals surface area contributed by atoms with E-state index in [2.05, 4.69) is 20.2 Å². The second-order valence-corrected chi connectivity index (χ2v) is 4.41. The van der Waals surface area contributed by atoms with Gasteiger partial charge in [0, 0.05) is 18.6 Å². The molecule has 0 radical (unpaired) electrons. The van der Waals surface area contributed by atoms with Crippen LogP contribution in [0.2, 0.25) is 0 Å². The topological polar surface area (TPSA) is 41.1 Å². The Morgan fingerprint density at radius 1 is 1.20 bits per heavy atom. The molecule has 80 valence electrons. The van der Waals surface area contributed by atoms with Crippen molar-refractivity contribution in [3.8, 4) is 0 Å². The van der Waals surface area contributed by atoms with E-state index in [-0.39, 0.29) is 0 Å². The van der Waals surface area contributed by atoms with Crippen molar-refractivity contribution in [3.63, 3.8) is 0 Å². The van der Waals surface area contributed by atoms with E-state index in [4.69, 9.17) is 0 Å². The SMILES string of the molecule is c1ncc(NC2CCN3CCCC23)cn1. The van der Waals surface area contributed by atoms with Gasteiger partial charge in [0.25, 0.3) is 0 Å². The van der Waals surface area contributed by atoms with Crippen LogP contribution in [0.5, 0.6) is 0 Å². The van der Waals surface area contributed by atoms with Gasteiger partial charge in [-0.05, 0) is 25.8 Å². The molecule has 2 aliphatic heterocycles. The average molecular weight is 204 g/mol. The zero-order valence-electron chi connectivity index (χ0n) is 8.76. The fourth-order valence-corrected chi connectivity index (χ4v) is 2.84. The molecule has 2 unspecified atom stereocenters. The van der Waals surface area contributed by atoms with Gasteiger partial charge < -0.3 is 5.32 Å². The molecule has 15 heavy (non-hydrogen) atoms. The summed E-state index contributed by atoms with van der Waals surface area (Å²) in [6.45, 7) is 2.53. The second-order valence-electron chi connectivity index (χ2n) is 4.41. The lowest BCUT2D eigenvalue weighted by Crippen LogP contribution is -2.33. The van der Waals surface area contributed by atoms with Gasteiger partial charge in [0.1, 0.15) is 6.33 Å². The molecule has 2 saturated heterocycles. The molecular formula is C11H16N4. The summed E-state index contributed by atoms with van der Waals surface area (Å²) in [5, 5.41) is 3.55. The first kappa shape index (κ1) is 9.09. The number of nitrogens with zero attached hydrogens (tertiary/aromatic N) is 3. The highest BCUT2D eigenvalue weighted by Crippen LogP contribution is 2.29. The van der Waals surface area contributed by atoms with E-state index in [9.17, 15) is 0 Å². The van der Waals surface area contributed by atoms with E-state index >= 15 is 0 Å². The van der Waals surface area contributed by atoms with Gasteiger partial charge in [0.15, 0.2) is 0 Å². The van der Waals surface area contributed by atoms with Gasteiger partial charge in [-0.1, -0.05) is 0 Å². The summed E-state index contributed by atoms with van der Waals surface area (Å²) in [6, 6.07) is 1.34. The smallest absolute Gasteiger partial charge is 0.115 e. The minimum Gasteiger partial charge on any atom is -0.378 e. The van der Waals surface area contributed by atoms with Crippen molar-refractivity contribution in [2.75, 3.05) is 18.4 Å². The van der Waals surface area contributed by atoms with Crippen molar-refractivity contribution >= 4 is 5.69 Å². The summed E-state index contributed by atoms with van der Waals surface area (Å²) in [5.41, 5.74) is 1.05. The highest BCUT2D eigenvalue weighted by Gasteiger charge is 2.36. The van der Waals surface area contributed by atoms with E-state index in [0.717, 1.165) is 11.7 Å². The number of hydrogen-bond acceptors (Lipinski definition) is 4. The van der Waals surface area contributed by atoms with Crippen LogP contribution in [0.25, 0.3) is 0 Å². The molecule has 4 heteroatoms. The van der Waals surface area contributed by atoms with E-state index in [1.807, 2.05) is 12.4 Å². The van der Waals surface area contributed by atoms with Gasteiger partial charge in [-0.15, -0.1) is 0 Å². The molecule has 3 rings (SSSR count). The summed E-state index contributed by atoms with van der Waals surface area (Å²) in [4.78, 5) is 10.6. The summed E-state index contributed by atoms with van der Waals surface area (Å²) in [7, 11) is 0. The largest absolute Gasteiger partial charge is 0.378 e. The van der Waals surface area contributed by atoms with Crippen LogP contribution in [0.4, 0.5) is 5.69 Å². The highest BCUT2D eigenvalue weighted by molar-refractivity contribution is 5.39. The standard InChI is InChI=1S/C11H16N4/c1-2-11-10(3-5-15(11)4-1)14-9-6-12-8-13-7-9/h6-8,10-11,14H,1-5H2. The lowest BCUT2D eigenvalue weighted by atomic mass is 10.1. The number of fused-ring (bicyclic) bond motifs is 1. The molecule has 4 nitrogen and oxygen atoms in total. The molecule has 1 N–H and O–H groups in total. The highest BCUT2D eigenvalue weighted by atomic mass is 15.2. The normalized spacial score (nSPS) is 30.4. The van der Waals surface area contributed by atoms with Crippen LogP contribution in [-0.4, -0.2) is 40.0 Å². The fraction of sp³-hybridized carbons (Fsp3) is 0.636. The van der Waals surface area contributed by atoms with Crippen LogP contribution in [0, 0.1) is 0 Å². The summed E-state index contributed by atoms with van der Waals surface area (Å²) >= 11 is 0. The monoisotopic (exact) mass is 204 g/mol. The molecule has 0 aromatic carbocycles. The Bertz CT molecular complexity index is 327. The van der Waals surface area contributed by atoms with E-state index < -0.39 is 0 Å². The van der Waals surface area contributed by atoms with Crippen molar-refractivity contribution < 1.29 is 0 Å². The van der Waals surface area contributed by atoms with Crippen LogP contribution in [0.3, 0.4) is 0 Å². The Labute approximate surface area is 89.7 Å². The number of rotatable bonds is 2. The van der Waals surface area contributed by atoms with Gasteiger partial charge in [-0.2, -0.15) is 0 Å². The minimum atomic E-state index is 0.596. The first-order chi connectivity index (χ1) is 7.43. The molecule has 0 amide bonds. The molecule has 1 aromatic rings. The summed E-state index contributed by atoms with van der Waals surface area (Å²) < 4.78 is 0. The third kappa shape index (κ3) is 1.69. The predicted molar refractivity (Wildman–Crippen MR) is 58.7 cm³/mol. The van der Waals surface area contributed by atoms with Gasteiger partial charge in [0.05, 0.1) is 18.1 Å². The molecule has 0 spiro atoms. The van der Waals surface area contributed by atoms with Crippen LogP contribution in [-0.2, 0) is 0 Å². The predicted octanol–water partition coefficient (Wildman–Crippen LogP) is 1.13. The molecular weight excluding hydrogens is 188 g/mol. The van der Waals surface area contributed by atoms with Gasteiger partial charge in [-0.3, -0.25) is 4.90 Å². The molecule has 2 aliphatic rings. The van der Waals surface area contributed by atoms with Gasteiger partial charge in [0.2, 0.25) is 0 Å². The molecule has 0 bridgehead atoms. The Kier molecular flexibility index (Phi) is 2.29. The Morgan fingerprint density at radius 3 is 2.93 bits per heavy atom. The molecule has 3 heterocycles. The maximum Gasteiger partial charge on any atom is 0.115 e. The Balaban J connectivity index is 1.69. The zero-order valence-corrected chi connectivity index (χ0v) is 8.76. The number of hydrogen-bond donors (Lipinski definition) is 1. The maximum absolute atomic E-state index is 4.03. The van der Waals surface area contributed by atoms with E-state index in [1.165, 1.54) is 32.4 Å². The van der Waals surface area contributed by atoms with E-state index in [0.29, 0.717) is 6.04 Å². The molecule has 1 aromatic heterocycles. The molecule has 0 aliphatic carbocycles. The molecule has 0 saturated carbocycles. The number of nitrogens with one attached hydrogen (secondary N) is 1. The third-order valence-corrected chi connectivity index (χ3v) is 3.52. The summed E-state index contributed by atoms with van der Waals surface area (Å²) in [6.07, 6.45) is 9.22. The van der Waals surface area contributed by atoms with Gasteiger partial charge in [-0.25, -0.2) is 9.97 Å². The zero-order chi connectivity index (χ0) is 10.1. The van der Waals surface area contributed by atoms with Crippen molar-refractivity contribution in [2.24, 2.45) is 0 Å². The van der Waals surface area contributed by atoms with Crippen molar-refractivity contribution in [2.45, 2.75) is 31.3 Å². The number of aromatic nitrogens is 2. The van der Waals surface area contributed by atoms with Crippen LogP contribution in [0.15, 0.2) is 18.7 Å². The fourth-order valence-electron chi connectivity index (χ4n) is 2.84. The Morgan fingerprint density at radius 2 is 2.07 bits per heavy atom. The first-order valence-corrected chi connectivity index (χ1v) is 5.69. The first-order valence-electron chi connectivity index (χ1n) is 5.69. The van der Waals surface area contributed by atoms with Crippen LogP contribution >= 0.6 is 0 Å². The Hall–Kier alpha value is -1.16. The quantitative estimate of drug-likeness (QED) is 0.784. The third-order valence-electron chi connectivity index (χ3n) is 3.52. The van der Waals surface area contributed by atoms with Crippen molar-refractivity contribution in [1.82, 2.24) is 14.9 Å². The maximum atomic E-state index is 4.03. The average Bonchev–Trinajstić information content (AvgIpc) is 2.85. The van der Waals surface area contributed by atoms with Gasteiger partial charge >= 0.3 is 0 Å². The number of anilines is 1. The lowest BCUT2D eigenvalue weighted by molar-refractivity contribution is 0.318. The van der Waals surface area contributed by atoms with E-state index in [1.54, 1.807) is 6.33 Å². The van der Waals surface area contributed by atoms with Crippen molar-refractivity contribution in [3.05, 3.63) is 18.7 Å². The molecule has 2 fully saturated rings. The second kappa shape index (κ2) is 3.77. The summed E-state index contributed by atoms with van der Waals surface area (Å²) in [5.74, 6) is 0. The lowest BCUT2D eigenvalue weighted by Gasteiger charge is -2.21. The van der Waals surface area contributed by atoms with Crippen LogP contribution in [0.1, 0.15) is 19.3 Å². The minimum absolute atomic E-state index is 0.596. The van der Waals surface area contributed by atoms with Crippen molar-refractivity contribution in [1.29, 1.82) is 0 Å².